The van der Waals surface area contributed by atoms with Crippen LogP contribution in [0.25, 0.3) is 0 Å². The normalized spacial score (nSPS) is 31.2. The zero-order chi connectivity index (χ0) is 11.3. The highest BCUT2D eigenvalue weighted by atomic mass is 35.5. The molecule has 2 fully saturated rings. The second kappa shape index (κ2) is 3.75. The maximum atomic E-state index is 12.2. The Bertz CT molecular complexity index is 445. The molecule has 2 saturated carbocycles. The predicted octanol–water partition coefficient (Wildman–Crippen LogP) is 4.22. The zero-order valence-electron chi connectivity index (χ0n) is 8.75. The highest BCUT2D eigenvalue weighted by molar-refractivity contribution is 6.43. The average Bonchev–Trinajstić information content (AvgIpc) is 2.89. The van der Waals surface area contributed by atoms with Crippen LogP contribution < -0.4 is 0 Å². The quantitative estimate of drug-likeness (QED) is 0.723. The van der Waals surface area contributed by atoms with Gasteiger partial charge in [0, 0.05) is 11.5 Å². The van der Waals surface area contributed by atoms with Crippen molar-refractivity contribution in [3.05, 3.63) is 33.8 Å². The number of Topliss-reactive ketones (excluding diaryl/α,β-unsaturated/α-hetero) is 1. The number of hydrogen-bond acceptors (Lipinski definition) is 1. The van der Waals surface area contributed by atoms with Crippen LogP contribution >= 0.6 is 23.2 Å². The highest BCUT2D eigenvalue weighted by Crippen LogP contribution is 2.55. The summed E-state index contributed by atoms with van der Waals surface area (Å²) >= 11 is 12.0. The monoisotopic (exact) mass is 254 g/mol. The Morgan fingerprint density at radius 1 is 1.12 bits per heavy atom. The van der Waals surface area contributed by atoms with Crippen molar-refractivity contribution in [3.8, 4) is 0 Å². The summed E-state index contributed by atoms with van der Waals surface area (Å²) in [6.07, 6.45) is 3.42. The number of rotatable bonds is 2. The van der Waals surface area contributed by atoms with Crippen molar-refractivity contribution in [3.63, 3.8) is 0 Å². The number of carbonyl (C=O) groups is 1. The largest absolute Gasteiger partial charge is 0.294 e. The molecule has 16 heavy (non-hydrogen) atoms. The lowest BCUT2D eigenvalue weighted by Crippen LogP contribution is -2.13. The van der Waals surface area contributed by atoms with Crippen molar-refractivity contribution >= 4 is 29.0 Å². The van der Waals surface area contributed by atoms with Gasteiger partial charge in [-0.1, -0.05) is 29.3 Å². The number of fused-ring (bicyclic) bond motifs is 1. The van der Waals surface area contributed by atoms with Crippen molar-refractivity contribution in [2.75, 3.05) is 0 Å². The molecule has 3 heteroatoms. The summed E-state index contributed by atoms with van der Waals surface area (Å²) in [5.41, 5.74) is 0.598. The third-order valence-corrected chi connectivity index (χ3v) is 4.65. The minimum Gasteiger partial charge on any atom is -0.294 e. The van der Waals surface area contributed by atoms with Crippen LogP contribution in [0.1, 0.15) is 29.6 Å². The van der Waals surface area contributed by atoms with E-state index in [2.05, 4.69) is 0 Å². The molecule has 0 bridgehead atoms. The third kappa shape index (κ3) is 1.66. The number of carbonyl (C=O) groups excluding carboxylic acids is 1. The third-order valence-electron chi connectivity index (χ3n) is 3.83. The molecule has 84 valence electrons. The first-order chi connectivity index (χ1) is 7.66. The Kier molecular flexibility index (Phi) is 2.49. The maximum absolute atomic E-state index is 12.2. The molecule has 0 amide bonds. The molecule has 0 N–H and O–H groups in total. The SMILES string of the molecule is O=C(c1cccc(Cl)c1Cl)C1CC2CC2C1. The summed E-state index contributed by atoms with van der Waals surface area (Å²) < 4.78 is 0. The first-order valence-electron chi connectivity index (χ1n) is 5.65. The second-order valence-corrected chi connectivity index (χ2v) is 5.67. The van der Waals surface area contributed by atoms with Crippen LogP contribution in [0.15, 0.2) is 18.2 Å². The lowest BCUT2D eigenvalue weighted by molar-refractivity contribution is 0.0914. The maximum Gasteiger partial charge on any atom is 0.167 e. The first-order valence-corrected chi connectivity index (χ1v) is 6.40. The molecule has 0 aromatic heterocycles. The lowest BCUT2D eigenvalue weighted by Gasteiger charge is -2.12. The molecule has 2 aliphatic rings. The van der Waals surface area contributed by atoms with Crippen LogP contribution in [0.3, 0.4) is 0 Å². The second-order valence-electron chi connectivity index (χ2n) is 4.89. The van der Waals surface area contributed by atoms with Gasteiger partial charge in [-0.05, 0) is 43.2 Å². The van der Waals surface area contributed by atoms with Gasteiger partial charge >= 0.3 is 0 Å². The molecular weight excluding hydrogens is 243 g/mol. The molecule has 2 aliphatic carbocycles. The summed E-state index contributed by atoms with van der Waals surface area (Å²) in [4.78, 5) is 12.2. The number of benzene rings is 1. The van der Waals surface area contributed by atoms with Gasteiger partial charge in [0.15, 0.2) is 5.78 Å². The Morgan fingerprint density at radius 2 is 1.81 bits per heavy atom. The van der Waals surface area contributed by atoms with Crippen molar-refractivity contribution in [2.45, 2.75) is 19.3 Å². The number of ketones is 1. The van der Waals surface area contributed by atoms with Gasteiger partial charge in [-0.3, -0.25) is 4.79 Å². The Morgan fingerprint density at radius 3 is 2.50 bits per heavy atom. The molecule has 0 heterocycles. The molecular formula is C13H12Cl2O. The molecule has 1 aromatic carbocycles. The first kappa shape index (κ1) is 10.6. The average molecular weight is 255 g/mol. The highest BCUT2D eigenvalue weighted by Gasteiger charge is 2.48. The standard InChI is InChI=1S/C13H12Cl2O/c14-11-3-1-2-10(12(11)15)13(16)9-5-7-4-8(7)6-9/h1-3,7-9H,4-6H2. The minimum absolute atomic E-state index is 0.180. The Balaban J connectivity index is 1.86. The molecule has 2 atom stereocenters. The number of halogens is 2. The van der Waals surface area contributed by atoms with Crippen molar-refractivity contribution in [1.82, 2.24) is 0 Å². The summed E-state index contributed by atoms with van der Waals surface area (Å²) in [5, 5.41) is 0.880. The topological polar surface area (TPSA) is 17.1 Å². The Hall–Kier alpha value is -0.530. The van der Waals surface area contributed by atoms with E-state index in [4.69, 9.17) is 23.2 Å². The van der Waals surface area contributed by atoms with Gasteiger partial charge in [0.25, 0.3) is 0 Å². The van der Waals surface area contributed by atoms with E-state index in [0.29, 0.717) is 15.6 Å². The molecule has 1 aromatic rings. The van der Waals surface area contributed by atoms with Gasteiger partial charge in [0.05, 0.1) is 10.0 Å². The summed E-state index contributed by atoms with van der Waals surface area (Å²) in [6.45, 7) is 0. The van der Waals surface area contributed by atoms with Crippen LogP contribution in [0.4, 0.5) is 0 Å². The van der Waals surface area contributed by atoms with E-state index in [9.17, 15) is 4.79 Å². The molecule has 0 radical (unpaired) electrons. The van der Waals surface area contributed by atoms with Crippen molar-refractivity contribution < 1.29 is 4.79 Å². The minimum atomic E-state index is 0.180. The number of hydrogen-bond donors (Lipinski definition) is 0. The van der Waals surface area contributed by atoms with Crippen LogP contribution in [-0.2, 0) is 0 Å². The molecule has 0 spiro atoms. The van der Waals surface area contributed by atoms with E-state index >= 15 is 0 Å². The van der Waals surface area contributed by atoms with Gasteiger partial charge < -0.3 is 0 Å². The van der Waals surface area contributed by atoms with E-state index in [1.807, 2.05) is 0 Å². The smallest absolute Gasteiger partial charge is 0.167 e. The van der Waals surface area contributed by atoms with Gasteiger partial charge in [-0.25, -0.2) is 0 Å². The van der Waals surface area contributed by atoms with Crippen LogP contribution in [0.5, 0.6) is 0 Å². The zero-order valence-corrected chi connectivity index (χ0v) is 10.3. The van der Waals surface area contributed by atoms with Crippen LogP contribution in [0, 0.1) is 17.8 Å². The summed E-state index contributed by atoms with van der Waals surface area (Å²) in [5.74, 6) is 1.98. The molecule has 3 rings (SSSR count). The molecule has 0 saturated heterocycles. The Labute approximate surface area is 105 Å². The summed E-state index contributed by atoms with van der Waals surface area (Å²) in [6, 6.07) is 5.28. The molecule has 0 aliphatic heterocycles. The fourth-order valence-electron chi connectivity index (χ4n) is 2.84. The van der Waals surface area contributed by atoms with E-state index in [1.165, 1.54) is 6.42 Å². The van der Waals surface area contributed by atoms with Gasteiger partial charge in [-0.2, -0.15) is 0 Å². The van der Waals surface area contributed by atoms with Crippen LogP contribution in [0.2, 0.25) is 10.0 Å². The van der Waals surface area contributed by atoms with E-state index in [1.54, 1.807) is 18.2 Å². The summed E-state index contributed by atoms with van der Waals surface area (Å²) in [7, 11) is 0. The van der Waals surface area contributed by atoms with E-state index in [0.717, 1.165) is 24.7 Å². The van der Waals surface area contributed by atoms with Crippen LogP contribution in [-0.4, -0.2) is 5.78 Å². The van der Waals surface area contributed by atoms with Gasteiger partial charge in [-0.15, -0.1) is 0 Å². The van der Waals surface area contributed by atoms with Gasteiger partial charge in [0.1, 0.15) is 0 Å². The van der Waals surface area contributed by atoms with E-state index in [-0.39, 0.29) is 11.7 Å². The van der Waals surface area contributed by atoms with E-state index < -0.39 is 0 Å². The van der Waals surface area contributed by atoms with Crippen molar-refractivity contribution in [2.24, 2.45) is 17.8 Å². The fraction of sp³-hybridized carbons (Fsp3) is 0.462. The fourth-order valence-corrected chi connectivity index (χ4v) is 3.24. The molecule has 2 unspecified atom stereocenters. The molecule has 1 nitrogen and oxygen atoms in total. The predicted molar refractivity (Wildman–Crippen MR) is 65.1 cm³/mol. The van der Waals surface area contributed by atoms with Gasteiger partial charge in [0.2, 0.25) is 0 Å². The van der Waals surface area contributed by atoms with Crippen molar-refractivity contribution in [1.29, 1.82) is 0 Å². The lowest BCUT2D eigenvalue weighted by atomic mass is 9.93.